The third kappa shape index (κ3) is 6.28. The van der Waals surface area contributed by atoms with Gasteiger partial charge < -0.3 is 15.4 Å². The highest BCUT2D eigenvalue weighted by Gasteiger charge is 2.10. The van der Waals surface area contributed by atoms with E-state index in [0.717, 1.165) is 38.2 Å². The standard InChI is InChI=1S/C17H28N2O2S/c1-4-7-11-21-16-9-8-14(13-15(16)18)17(20)22-12-10-19(5-2)6-3/h8-9,13H,4-7,10-12,18H2,1-3H3. The largest absolute Gasteiger partial charge is 0.491 e. The van der Waals surface area contributed by atoms with E-state index in [1.54, 1.807) is 18.2 Å². The number of carbonyl (C=O) groups is 1. The fourth-order valence-electron chi connectivity index (χ4n) is 2.02. The van der Waals surface area contributed by atoms with Crippen LogP contribution in [0, 0.1) is 0 Å². The van der Waals surface area contributed by atoms with Gasteiger partial charge in [0.05, 0.1) is 12.3 Å². The van der Waals surface area contributed by atoms with Crippen LogP contribution in [-0.4, -0.2) is 42.0 Å². The van der Waals surface area contributed by atoms with E-state index in [2.05, 4.69) is 25.7 Å². The molecule has 0 radical (unpaired) electrons. The molecule has 22 heavy (non-hydrogen) atoms. The topological polar surface area (TPSA) is 55.6 Å². The lowest BCUT2D eigenvalue weighted by molar-refractivity contribution is 0.108. The normalized spacial score (nSPS) is 10.9. The molecule has 0 spiro atoms. The van der Waals surface area contributed by atoms with Crippen LogP contribution in [0.3, 0.4) is 0 Å². The molecular weight excluding hydrogens is 296 g/mol. The minimum Gasteiger partial charge on any atom is -0.491 e. The Kier molecular flexibility index (Phi) is 9.01. The first-order chi connectivity index (χ1) is 10.6. The summed E-state index contributed by atoms with van der Waals surface area (Å²) in [4.78, 5) is 14.5. The number of hydrogen-bond acceptors (Lipinski definition) is 5. The molecule has 0 fully saturated rings. The average molecular weight is 324 g/mol. The molecule has 5 heteroatoms. The number of hydrogen-bond donors (Lipinski definition) is 1. The summed E-state index contributed by atoms with van der Waals surface area (Å²) >= 11 is 1.35. The van der Waals surface area contributed by atoms with Crippen LogP contribution in [0.25, 0.3) is 0 Å². The summed E-state index contributed by atoms with van der Waals surface area (Å²) in [6, 6.07) is 5.31. The van der Waals surface area contributed by atoms with Gasteiger partial charge >= 0.3 is 0 Å². The Morgan fingerprint density at radius 1 is 1.27 bits per heavy atom. The molecule has 0 atom stereocenters. The van der Waals surface area contributed by atoms with Gasteiger partial charge in [-0.1, -0.05) is 39.0 Å². The summed E-state index contributed by atoms with van der Waals surface area (Å²) in [5, 5.41) is 0.0685. The average Bonchev–Trinajstić information content (AvgIpc) is 2.53. The van der Waals surface area contributed by atoms with E-state index in [-0.39, 0.29) is 5.12 Å². The second-order valence-corrected chi connectivity index (χ2v) is 6.19. The third-order valence-corrected chi connectivity index (χ3v) is 4.42. The fourth-order valence-corrected chi connectivity index (χ4v) is 2.85. The van der Waals surface area contributed by atoms with Crippen molar-refractivity contribution in [3.05, 3.63) is 23.8 Å². The van der Waals surface area contributed by atoms with Crippen molar-refractivity contribution < 1.29 is 9.53 Å². The fraction of sp³-hybridized carbons (Fsp3) is 0.588. The maximum absolute atomic E-state index is 12.2. The van der Waals surface area contributed by atoms with Crippen LogP contribution in [0.5, 0.6) is 5.75 Å². The number of ether oxygens (including phenoxy) is 1. The summed E-state index contributed by atoms with van der Waals surface area (Å²) in [5.41, 5.74) is 7.14. The van der Waals surface area contributed by atoms with Crippen LogP contribution in [0.15, 0.2) is 18.2 Å². The lowest BCUT2D eigenvalue weighted by Crippen LogP contribution is -2.25. The van der Waals surface area contributed by atoms with E-state index < -0.39 is 0 Å². The Morgan fingerprint density at radius 2 is 2.00 bits per heavy atom. The van der Waals surface area contributed by atoms with E-state index in [1.807, 2.05) is 0 Å². The Morgan fingerprint density at radius 3 is 2.59 bits per heavy atom. The first-order valence-electron chi connectivity index (χ1n) is 8.04. The van der Waals surface area contributed by atoms with Crippen molar-refractivity contribution in [3.63, 3.8) is 0 Å². The van der Waals surface area contributed by atoms with Crippen LogP contribution < -0.4 is 10.5 Å². The minimum absolute atomic E-state index is 0.0685. The molecule has 1 aromatic rings. The molecule has 1 aromatic carbocycles. The number of thioether (sulfide) groups is 1. The summed E-state index contributed by atoms with van der Waals surface area (Å²) in [6.45, 7) is 10.00. The van der Waals surface area contributed by atoms with Crippen molar-refractivity contribution in [1.29, 1.82) is 0 Å². The molecule has 0 unspecified atom stereocenters. The quantitative estimate of drug-likeness (QED) is 0.526. The molecule has 0 saturated carbocycles. The first kappa shape index (κ1) is 18.8. The van der Waals surface area contributed by atoms with E-state index in [1.165, 1.54) is 11.8 Å². The van der Waals surface area contributed by atoms with Gasteiger partial charge in [-0.3, -0.25) is 4.79 Å². The summed E-state index contributed by atoms with van der Waals surface area (Å²) < 4.78 is 5.60. The number of nitrogens with two attached hydrogens (primary N) is 1. The van der Waals surface area contributed by atoms with Crippen LogP contribution >= 0.6 is 11.8 Å². The molecular formula is C17H28N2O2S. The van der Waals surface area contributed by atoms with Crippen molar-refractivity contribution >= 4 is 22.6 Å². The van der Waals surface area contributed by atoms with Gasteiger partial charge in [0, 0.05) is 17.9 Å². The number of nitrogens with zero attached hydrogens (tertiary/aromatic N) is 1. The zero-order chi connectivity index (χ0) is 16.4. The Balaban J connectivity index is 2.50. The number of unbranched alkanes of at least 4 members (excludes halogenated alkanes) is 1. The second kappa shape index (κ2) is 10.5. The second-order valence-electron chi connectivity index (χ2n) is 5.12. The molecule has 2 N–H and O–H groups in total. The molecule has 0 aromatic heterocycles. The highest BCUT2D eigenvalue weighted by molar-refractivity contribution is 8.14. The molecule has 0 aliphatic rings. The zero-order valence-electron chi connectivity index (χ0n) is 13.9. The van der Waals surface area contributed by atoms with Crippen molar-refractivity contribution in [2.24, 2.45) is 0 Å². The molecule has 1 rings (SSSR count). The first-order valence-corrected chi connectivity index (χ1v) is 9.02. The van der Waals surface area contributed by atoms with Gasteiger partial charge in [-0.05, 0) is 37.7 Å². The van der Waals surface area contributed by atoms with Gasteiger partial charge in [0.2, 0.25) is 5.12 Å². The predicted octanol–water partition coefficient (Wildman–Crippen LogP) is 3.66. The summed E-state index contributed by atoms with van der Waals surface area (Å²) in [7, 11) is 0. The lowest BCUT2D eigenvalue weighted by atomic mass is 10.2. The molecule has 0 aliphatic heterocycles. The molecule has 0 aliphatic carbocycles. The van der Waals surface area contributed by atoms with Crippen LogP contribution in [0.1, 0.15) is 44.0 Å². The highest BCUT2D eigenvalue weighted by atomic mass is 32.2. The van der Waals surface area contributed by atoms with Gasteiger partial charge in [0.25, 0.3) is 0 Å². The maximum Gasteiger partial charge on any atom is 0.219 e. The van der Waals surface area contributed by atoms with E-state index in [9.17, 15) is 4.79 Å². The van der Waals surface area contributed by atoms with Gasteiger partial charge in [-0.15, -0.1) is 0 Å². The summed E-state index contributed by atoms with van der Waals surface area (Å²) in [6.07, 6.45) is 2.08. The number of benzene rings is 1. The molecule has 0 saturated heterocycles. The van der Waals surface area contributed by atoms with Gasteiger partial charge in [-0.25, -0.2) is 0 Å². The monoisotopic (exact) mass is 324 g/mol. The molecule has 124 valence electrons. The Hall–Kier alpha value is -1.20. The smallest absolute Gasteiger partial charge is 0.219 e. The van der Waals surface area contributed by atoms with Crippen LogP contribution in [0.2, 0.25) is 0 Å². The number of carbonyl (C=O) groups excluding carboxylic acids is 1. The van der Waals surface area contributed by atoms with Crippen molar-refractivity contribution in [2.45, 2.75) is 33.6 Å². The van der Waals surface area contributed by atoms with Gasteiger partial charge in [-0.2, -0.15) is 0 Å². The van der Waals surface area contributed by atoms with Gasteiger partial charge in [0.15, 0.2) is 0 Å². The Bertz CT molecular complexity index is 462. The minimum atomic E-state index is 0.0685. The number of nitrogen functional groups attached to an aromatic ring is 1. The van der Waals surface area contributed by atoms with E-state index in [0.29, 0.717) is 23.6 Å². The SMILES string of the molecule is CCCCOc1ccc(C(=O)SCCN(CC)CC)cc1N. The Labute approximate surface area is 138 Å². The zero-order valence-corrected chi connectivity index (χ0v) is 14.7. The highest BCUT2D eigenvalue weighted by Crippen LogP contribution is 2.25. The van der Waals surface area contributed by atoms with Crippen molar-refractivity contribution in [1.82, 2.24) is 4.90 Å². The molecule has 4 nitrogen and oxygen atoms in total. The number of rotatable bonds is 10. The van der Waals surface area contributed by atoms with Crippen LogP contribution in [-0.2, 0) is 0 Å². The van der Waals surface area contributed by atoms with Crippen molar-refractivity contribution in [3.8, 4) is 5.75 Å². The maximum atomic E-state index is 12.2. The third-order valence-electron chi connectivity index (χ3n) is 3.54. The molecule has 0 heterocycles. The lowest BCUT2D eigenvalue weighted by Gasteiger charge is -2.17. The summed E-state index contributed by atoms with van der Waals surface area (Å²) in [5.74, 6) is 1.47. The molecule has 0 amide bonds. The van der Waals surface area contributed by atoms with E-state index >= 15 is 0 Å². The number of anilines is 1. The van der Waals surface area contributed by atoms with Crippen LogP contribution in [0.4, 0.5) is 5.69 Å². The molecule has 0 bridgehead atoms. The van der Waals surface area contributed by atoms with Gasteiger partial charge in [0.1, 0.15) is 5.75 Å². The predicted molar refractivity (Wildman–Crippen MR) is 95.8 cm³/mol. The van der Waals surface area contributed by atoms with Crippen molar-refractivity contribution in [2.75, 3.05) is 37.7 Å². The van der Waals surface area contributed by atoms with E-state index in [4.69, 9.17) is 10.5 Å².